The Morgan fingerprint density at radius 3 is 2.52 bits per heavy atom. The molecule has 0 aromatic heterocycles. The molecule has 0 aliphatic heterocycles. The van der Waals surface area contributed by atoms with Crippen molar-refractivity contribution in [1.82, 2.24) is 5.32 Å². The molecule has 0 saturated carbocycles. The largest absolute Gasteiger partial charge is 0.394 e. The standard InChI is InChI=1S/C16H25Cl2NOS/c1-4-16(11-20,19-12(2)3)8-5-9-21-13-6-7-14(17)15(18)10-13/h6-7,10,12,19-20H,4-5,8-9,11H2,1-3H3. The van der Waals surface area contributed by atoms with E-state index >= 15 is 0 Å². The average molecular weight is 350 g/mol. The van der Waals surface area contributed by atoms with E-state index in [1.807, 2.05) is 18.2 Å². The molecular weight excluding hydrogens is 325 g/mol. The van der Waals surface area contributed by atoms with E-state index in [9.17, 15) is 5.11 Å². The van der Waals surface area contributed by atoms with Gasteiger partial charge in [0.25, 0.3) is 0 Å². The molecule has 2 nitrogen and oxygen atoms in total. The highest BCUT2D eigenvalue weighted by molar-refractivity contribution is 7.99. The molecule has 1 atom stereocenters. The highest BCUT2D eigenvalue weighted by atomic mass is 35.5. The summed E-state index contributed by atoms with van der Waals surface area (Å²) in [5.74, 6) is 0.999. The van der Waals surface area contributed by atoms with E-state index < -0.39 is 0 Å². The second-order valence-corrected chi connectivity index (χ2v) is 7.60. The van der Waals surface area contributed by atoms with Crippen LogP contribution in [0.4, 0.5) is 0 Å². The smallest absolute Gasteiger partial charge is 0.0613 e. The summed E-state index contributed by atoms with van der Waals surface area (Å²) < 4.78 is 0. The summed E-state index contributed by atoms with van der Waals surface area (Å²) >= 11 is 13.7. The van der Waals surface area contributed by atoms with Gasteiger partial charge in [0.1, 0.15) is 0 Å². The molecule has 0 bridgehead atoms. The molecular formula is C16H25Cl2NOS. The zero-order chi connectivity index (χ0) is 15.9. The van der Waals surface area contributed by atoms with Crippen LogP contribution in [0.15, 0.2) is 23.1 Å². The summed E-state index contributed by atoms with van der Waals surface area (Å²) in [6, 6.07) is 6.10. The number of halogens is 2. The Morgan fingerprint density at radius 2 is 2.00 bits per heavy atom. The Morgan fingerprint density at radius 1 is 1.29 bits per heavy atom. The molecule has 120 valence electrons. The molecule has 0 heterocycles. The summed E-state index contributed by atoms with van der Waals surface area (Å²) in [5.41, 5.74) is -0.160. The Labute approximate surface area is 142 Å². The van der Waals surface area contributed by atoms with Crippen LogP contribution in [-0.2, 0) is 0 Å². The van der Waals surface area contributed by atoms with Crippen LogP contribution >= 0.6 is 35.0 Å². The minimum atomic E-state index is -0.160. The van der Waals surface area contributed by atoms with Gasteiger partial charge in [-0.15, -0.1) is 11.8 Å². The normalized spacial score (nSPS) is 14.4. The lowest BCUT2D eigenvalue weighted by Gasteiger charge is -2.34. The third kappa shape index (κ3) is 6.37. The Kier molecular flexibility index (Phi) is 8.43. The molecule has 1 unspecified atom stereocenters. The molecule has 0 aliphatic rings. The molecule has 1 aromatic rings. The van der Waals surface area contributed by atoms with E-state index in [1.165, 1.54) is 0 Å². The number of thioether (sulfide) groups is 1. The third-order valence-corrected chi connectivity index (χ3v) is 5.35. The van der Waals surface area contributed by atoms with Crippen molar-refractivity contribution in [3.05, 3.63) is 28.2 Å². The Hall–Kier alpha value is 0.0700. The van der Waals surface area contributed by atoms with Gasteiger partial charge in [0, 0.05) is 16.5 Å². The van der Waals surface area contributed by atoms with Gasteiger partial charge >= 0.3 is 0 Å². The highest BCUT2D eigenvalue weighted by Crippen LogP contribution is 2.29. The number of benzene rings is 1. The summed E-state index contributed by atoms with van der Waals surface area (Å²) in [6.45, 7) is 6.53. The van der Waals surface area contributed by atoms with Gasteiger partial charge in [-0.2, -0.15) is 0 Å². The fourth-order valence-electron chi connectivity index (χ4n) is 2.37. The van der Waals surface area contributed by atoms with Gasteiger partial charge in [-0.1, -0.05) is 44.0 Å². The number of hydrogen-bond acceptors (Lipinski definition) is 3. The van der Waals surface area contributed by atoms with Crippen LogP contribution in [0.2, 0.25) is 10.0 Å². The predicted octanol–water partition coefficient (Wildman–Crippen LogP) is 5.00. The lowest BCUT2D eigenvalue weighted by Crippen LogP contribution is -2.51. The molecule has 1 rings (SSSR count). The maximum atomic E-state index is 9.71. The van der Waals surface area contributed by atoms with Crippen LogP contribution in [-0.4, -0.2) is 29.0 Å². The van der Waals surface area contributed by atoms with E-state index in [4.69, 9.17) is 23.2 Å². The van der Waals surface area contributed by atoms with Gasteiger partial charge < -0.3 is 10.4 Å². The molecule has 0 spiro atoms. The van der Waals surface area contributed by atoms with E-state index in [-0.39, 0.29) is 12.1 Å². The minimum absolute atomic E-state index is 0.160. The van der Waals surface area contributed by atoms with Gasteiger partial charge in [-0.3, -0.25) is 0 Å². The third-order valence-electron chi connectivity index (χ3n) is 3.53. The molecule has 0 aliphatic carbocycles. The summed E-state index contributed by atoms with van der Waals surface area (Å²) in [5, 5.41) is 14.4. The van der Waals surface area contributed by atoms with Crippen molar-refractivity contribution in [2.24, 2.45) is 0 Å². The molecule has 0 amide bonds. The maximum absolute atomic E-state index is 9.71. The molecule has 0 fully saturated rings. The lowest BCUT2D eigenvalue weighted by atomic mass is 9.91. The Bertz CT molecular complexity index is 436. The summed E-state index contributed by atoms with van der Waals surface area (Å²) in [4.78, 5) is 1.13. The van der Waals surface area contributed by atoms with Crippen LogP contribution in [0.25, 0.3) is 0 Å². The second kappa shape index (κ2) is 9.26. The van der Waals surface area contributed by atoms with Crippen LogP contribution in [0.1, 0.15) is 40.0 Å². The maximum Gasteiger partial charge on any atom is 0.0613 e. The first-order valence-corrected chi connectivity index (χ1v) is 9.13. The second-order valence-electron chi connectivity index (χ2n) is 5.62. The SMILES string of the molecule is CCC(CO)(CCCSc1ccc(Cl)c(Cl)c1)NC(C)C. The molecule has 1 aromatic carbocycles. The van der Waals surface area contributed by atoms with Gasteiger partial charge in [-0.25, -0.2) is 0 Å². The van der Waals surface area contributed by atoms with Crippen LogP contribution in [0.5, 0.6) is 0 Å². The summed E-state index contributed by atoms with van der Waals surface area (Å²) in [7, 11) is 0. The van der Waals surface area contributed by atoms with E-state index in [2.05, 4.69) is 26.1 Å². The first kappa shape index (κ1) is 19.1. The number of aliphatic hydroxyl groups excluding tert-OH is 1. The average Bonchev–Trinajstić information content (AvgIpc) is 2.45. The van der Waals surface area contributed by atoms with Gasteiger partial charge in [-0.05, 0) is 43.2 Å². The fourth-order valence-corrected chi connectivity index (χ4v) is 3.62. The Balaban J connectivity index is 2.45. The first-order valence-electron chi connectivity index (χ1n) is 7.39. The first-order chi connectivity index (χ1) is 9.92. The van der Waals surface area contributed by atoms with Crippen molar-refractivity contribution in [3.8, 4) is 0 Å². The van der Waals surface area contributed by atoms with Crippen LogP contribution in [0.3, 0.4) is 0 Å². The fraction of sp³-hybridized carbons (Fsp3) is 0.625. The van der Waals surface area contributed by atoms with Crippen molar-refractivity contribution in [2.75, 3.05) is 12.4 Å². The predicted molar refractivity (Wildman–Crippen MR) is 94.8 cm³/mol. The molecule has 0 saturated heterocycles. The number of hydrogen-bond donors (Lipinski definition) is 2. The van der Waals surface area contributed by atoms with Crippen LogP contribution < -0.4 is 5.32 Å². The number of nitrogens with one attached hydrogen (secondary N) is 1. The van der Waals surface area contributed by atoms with E-state index in [0.717, 1.165) is 29.9 Å². The lowest BCUT2D eigenvalue weighted by molar-refractivity contribution is 0.137. The zero-order valence-electron chi connectivity index (χ0n) is 13.0. The minimum Gasteiger partial charge on any atom is -0.394 e. The van der Waals surface area contributed by atoms with E-state index in [0.29, 0.717) is 16.1 Å². The summed E-state index contributed by atoms with van der Waals surface area (Å²) in [6.07, 6.45) is 2.94. The van der Waals surface area contributed by atoms with Crippen molar-refractivity contribution in [2.45, 2.75) is 56.5 Å². The highest BCUT2D eigenvalue weighted by Gasteiger charge is 2.26. The molecule has 21 heavy (non-hydrogen) atoms. The molecule has 2 N–H and O–H groups in total. The van der Waals surface area contributed by atoms with Gasteiger partial charge in [0.2, 0.25) is 0 Å². The van der Waals surface area contributed by atoms with Crippen molar-refractivity contribution in [3.63, 3.8) is 0 Å². The van der Waals surface area contributed by atoms with Crippen molar-refractivity contribution >= 4 is 35.0 Å². The monoisotopic (exact) mass is 349 g/mol. The van der Waals surface area contributed by atoms with Gasteiger partial charge in [0.15, 0.2) is 0 Å². The van der Waals surface area contributed by atoms with E-state index in [1.54, 1.807) is 11.8 Å². The number of rotatable bonds is 9. The number of aliphatic hydroxyl groups is 1. The molecule has 0 radical (unpaired) electrons. The van der Waals surface area contributed by atoms with Gasteiger partial charge in [0.05, 0.1) is 16.7 Å². The quantitative estimate of drug-likeness (QED) is 0.485. The topological polar surface area (TPSA) is 32.3 Å². The molecule has 5 heteroatoms. The van der Waals surface area contributed by atoms with Crippen molar-refractivity contribution < 1.29 is 5.11 Å². The van der Waals surface area contributed by atoms with Crippen molar-refractivity contribution in [1.29, 1.82) is 0 Å². The van der Waals surface area contributed by atoms with Crippen LogP contribution in [0, 0.1) is 0 Å². The zero-order valence-corrected chi connectivity index (χ0v) is 15.3.